The minimum Gasteiger partial charge on any atom is -0.497 e. The molecule has 1 N–H and O–H groups in total. The zero-order valence-corrected chi connectivity index (χ0v) is 14.3. The Labute approximate surface area is 146 Å². The van der Waals surface area contributed by atoms with Crippen molar-refractivity contribution in [2.24, 2.45) is 0 Å². The van der Waals surface area contributed by atoms with Crippen molar-refractivity contribution < 1.29 is 14.2 Å². The van der Waals surface area contributed by atoms with Gasteiger partial charge in [0.2, 0.25) is 0 Å². The quantitative estimate of drug-likeness (QED) is 0.903. The average molecular weight is 346 g/mol. The molecule has 5 heteroatoms. The van der Waals surface area contributed by atoms with Crippen LogP contribution in [0, 0.1) is 0 Å². The first-order chi connectivity index (χ1) is 11.7. The number of hydrogen-bond donors (Lipinski definition) is 1. The van der Waals surface area contributed by atoms with E-state index in [1.54, 1.807) is 7.11 Å². The van der Waals surface area contributed by atoms with Crippen LogP contribution in [0.25, 0.3) is 0 Å². The number of ether oxygens (including phenoxy) is 3. The maximum atomic E-state index is 6.24. The number of nitrogens with one attached hydrogen (secondary N) is 1. The molecule has 0 radical (unpaired) electrons. The van der Waals surface area contributed by atoms with E-state index in [0.717, 1.165) is 43.2 Å². The Morgan fingerprint density at radius 1 is 0.917 bits per heavy atom. The van der Waals surface area contributed by atoms with Gasteiger partial charge in [0.15, 0.2) is 11.5 Å². The molecule has 24 heavy (non-hydrogen) atoms. The molecule has 2 aromatic rings. The summed E-state index contributed by atoms with van der Waals surface area (Å²) >= 11 is 6.12. The van der Waals surface area contributed by atoms with Crippen molar-refractivity contribution in [3.8, 4) is 17.2 Å². The molecule has 2 aromatic carbocycles. The maximum Gasteiger partial charge on any atom is 0.163 e. The topological polar surface area (TPSA) is 39.7 Å². The van der Waals surface area contributed by atoms with Gasteiger partial charge in [-0.3, -0.25) is 0 Å². The van der Waals surface area contributed by atoms with Crippen LogP contribution in [-0.4, -0.2) is 32.4 Å². The summed E-state index contributed by atoms with van der Waals surface area (Å²) in [6.45, 7) is 1.72. The Morgan fingerprint density at radius 2 is 1.71 bits per heavy atom. The first-order valence-electron chi connectivity index (χ1n) is 8.20. The van der Waals surface area contributed by atoms with Crippen LogP contribution < -0.4 is 19.5 Å². The van der Waals surface area contributed by atoms with Crippen LogP contribution in [0.3, 0.4) is 0 Å². The highest BCUT2D eigenvalue weighted by atomic mass is 35.5. The summed E-state index contributed by atoms with van der Waals surface area (Å²) in [7, 11) is 1.69. The Morgan fingerprint density at radius 3 is 2.46 bits per heavy atom. The fourth-order valence-electron chi connectivity index (χ4n) is 3.14. The molecule has 1 heterocycles. The predicted molar refractivity (Wildman–Crippen MR) is 93.6 cm³/mol. The summed E-state index contributed by atoms with van der Waals surface area (Å²) in [5.74, 6) is 2.38. The van der Waals surface area contributed by atoms with Crippen molar-refractivity contribution in [1.29, 1.82) is 0 Å². The summed E-state index contributed by atoms with van der Waals surface area (Å²) in [4.78, 5) is 0. The molecule has 1 aliphatic carbocycles. The molecule has 0 bridgehead atoms. The molecule has 0 amide bonds. The van der Waals surface area contributed by atoms with Gasteiger partial charge in [0.25, 0.3) is 0 Å². The van der Waals surface area contributed by atoms with E-state index in [9.17, 15) is 0 Å². The molecular formula is C19H20ClNO3. The van der Waals surface area contributed by atoms with Gasteiger partial charge in [-0.05, 0) is 35.4 Å². The van der Waals surface area contributed by atoms with E-state index in [0.29, 0.717) is 5.02 Å². The van der Waals surface area contributed by atoms with Gasteiger partial charge in [-0.2, -0.15) is 0 Å². The van der Waals surface area contributed by atoms with Crippen molar-refractivity contribution in [3.63, 3.8) is 0 Å². The van der Waals surface area contributed by atoms with E-state index < -0.39 is 0 Å². The molecule has 1 aliphatic heterocycles. The standard InChI is InChI=1S/C19H20ClNO3/c1-22-15-4-2-12-6-16(8-13(12)7-15)23-18-5-3-14(20)9-19(18)24-17-10-21-11-17/h2-5,7,9,16-17,21H,6,8,10-11H2,1H3. The van der Waals surface area contributed by atoms with Crippen LogP contribution >= 0.6 is 11.6 Å². The van der Waals surface area contributed by atoms with E-state index in [1.807, 2.05) is 24.3 Å². The Hall–Kier alpha value is -1.91. The van der Waals surface area contributed by atoms with Crippen molar-refractivity contribution in [2.45, 2.75) is 25.0 Å². The molecule has 2 aliphatic rings. The number of rotatable bonds is 5. The van der Waals surface area contributed by atoms with Crippen LogP contribution in [-0.2, 0) is 12.8 Å². The number of halogens is 1. The molecule has 0 aromatic heterocycles. The summed E-state index contributed by atoms with van der Waals surface area (Å²) in [5, 5.41) is 3.86. The van der Waals surface area contributed by atoms with Crippen LogP contribution in [0.15, 0.2) is 36.4 Å². The Bertz CT molecular complexity index is 745. The summed E-state index contributed by atoms with van der Waals surface area (Å²) in [6, 6.07) is 11.8. The van der Waals surface area contributed by atoms with Gasteiger partial charge < -0.3 is 19.5 Å². The van der Waals surface area contributed by atoms with Gasteiger partial charge in [-0.15, -0.1) is 0 Å². The lowest BCUT2D eigenvalue weighted by atomic mass is 10.1. The second-order valence-electron chi connectivity index (χ2n) is 6.27. The fourth-order valence-corrected chi connectivity index (χ4v) is 3.30. The van der Waals surface area contributed by atoms with Crippen molar-refractivity contribution in [1.82, 2.24) is 5.32 Å². The lowest BCUT2D eigenvalue weighted by Gasteiger charge is -2.29. The van der Waals surface area contributed by atoms with Gasteiger partial charge in [0, 0.05) is 37.0 Å². The van der Waals surface area contributed by atoms with Crippen molar-refractivity contribution in [3.05, 3.63) is 52.5 Å². The number of fused-ring (bicyclic) bond motifs is 1. The molecule has 1 fully saturated rings. The Balaban J connectivity index is 1.49. The highest BCUT2D eigenvalue weighted by molar-refractivity contribution is 6.30. The number of methoxy groups -OCH3 is 1. The molecular weight excluding hydrogens is 326 g/mol. The molecule has 0 spiro atoms. The largest absolute Gasteiger partial charge is 0.497 e. The molecule has 1 unspecified atom stereocenters. The Kier molecular flexibility index (Phi) is 4.25. The smallest absolute Gasteiger partial charge is 0.163 e. The third kappa shape index (κ3) is 3.17. The molecule has 4 rings (SSSR count). The highest BCUT2D eigenvalue weighted by Gasteiger charge is 2.26. The van der Waals surface area contributed by atoms with E-state index >= 15 is 0 Å². The van der Waals surface area contributed by atoms with Crippen LogP contribution in [0.4, 0.5) is 0 Å². The second kappa shape index (κ2) is 6.54. The third-order valence-corrected chi connectivity index (χ3v) is 4.78. The maximum absolute atomic E-state index is 6.24. The van der Waals surface area contributed by atoms with E-state index in [1.165, 1.54) is 11.1 Å². The minimum absolute atomic E-state index is 0.107. The van der Waals surface area contributed by atoms with Crippen LogP contribution in [0.1, 0.15) is 11.1 Å². The second-order valence-corrected chi connectivity index (χ2v) is 6.71. The van der Waals surface area contributed by atoms with Crippen LogP contribution in [0.5, 0.6) is 17.2 Å². The summed E-state index contributed by atoms with van der Waals surface area (Å²) < 4.78 is 17.5. The molecule has 0 saturated carbocycles. The third-order valence-electron chi connectivity index (χ3n) is 4.55. The van der Waals surface area contributed by atoms with Gasteiger partial charge in [0.05, 0.1) is 7.11 Å². The monoisotopic (exact) mass is 345 g/mol. The molecule has 4 nitrogen and oxygen atoms in total. The lowest BCUT2D eigenvalue weighted by molar-refractivity contribution is 0.128. The fraction of sp³-hybridized carbons (Fsp3) is 0.368. The SMILES string of the molecule is COc1ccc2c(c1)CC(Oc1ccc(Cl)cc1OC1CNC1)C2. The number of benzene rings is 2. The lowest BCUT2D eigenvalue weighted by Crippen LogP contribution is -2.50. The molecule has 1 saturated heterocycles. The van der Waals surface area contributed by atoms with Crippen molar-refractivity contribution in [2.75, 3.05) is 20.2 Å². The predicted octanol–water partition coefficient (Wildman–Crippen LogP) is 3.25. The van der Waals surface area contributed by atoms with Gasteiger partial charge in [0.1, 0.15) is 18.0 Å². The minimum atomic E-state index is 0.107. The molecule has 126 valence electrons. The van der Waals surface area contributed by atoms with Crippen molar-refractivity contribution >= 4 is 11.6 Å². The van der Waals surface area contributed by atoms with E-state index in [4.69, 9.17) is 25.8 Å². The first-order valence-corrected chi connectivity index (χ1v) is 8.58. The van der Waals surface area contributed by atoms with E-state index in [-0.39, 0.29) is 12.2 Å². The average Bonchev–Trinajstić information content (AvgIpc) is 2.94. The van der Waals surface area contributed by atoms with Gasteiger partial charge >= 0.3 is 0 Å². The molecule has 1 atom stereocenters. The van der Waals surface area contributed by atoms with E-state index in [2.05, 4.69) is 17.4 Å². The van der Waals surface area contributed by atoms with Gasteiger partial charge in [-0.25, -0.2) is 0 Å². The normalized spacial score (nSPS) is 19.5. The zero-order chi connectivity index (χ0) is 16.5. The number of hydrogen-bond acceptors (Lipinski definition) is 4. The summed E-state index contributed by atoms with van der Waals surface area (Å²) in [6.07, 6.45) is 2.07. The zero-order valence-electron chi connectivity index (χ0n) is 13.5. The first kappa shape index (κ1) is 15.6. The van der Waals surface area contributed by atoms with Gasteiger partial charge in [-0.1, -0.05) is 17.7 Å². The highest BCUT2D eigenvalue weighted by Crippen LogP contribution is 2.35. The van der Waals surface area contributed by atoms with Crippen LogP contribution in [0.2, 0.25) is 5.02 Å². The summed E-state index contributed by atoms with van der Waals surface area (Å²) in [5.41, 5.74) is 2.61.